The van der Waals surface area contributed by atoms with E-state index in [2.05, 4.69) is 10.3 Å². The minimum Gasteiger partial charge on any atom is -0.445 e. The van der Waals surface area contributed by atoms with Gasteiger partial charge in [0.1, 0.15) is 12.4 Å². The number of benzene rings is 4. The highest BCUT2D eigenvalue weighted by molar-refractivity contribution is 6.21. The van der Waals surface area contributed by atoms with E-state index < -0.39 is 41.2 Å². The van der Waals surface area contributed by atoms with Gasteiger partial charge in [0.25, 0.3) is 11.6 Å². The second kappa shape index (κ2) is 12.4. The van der Waals surface area contributed by atoms with Gasteiger partial charge in [-0.2, -0.15) is 0 Å². The first-order valence-corrected chi connectivity index (χ1v) is 13.2. The lowest BCUT2D eigenvalue weighted by atomic mass is 9.97. The van der Waals surface area contributed by atoms with Crippen molar-refractivity contribution in [3.05, 3.63) is 141 Å². The van der Waals surface area contributed by atoms with E-state index >= 15 is 4.39 Å². The molecule has 0 spiro atoms. The van der Waals surface area contributed by atoms with Crippen molar-refractivity contribution in [3.8, 4) is 0 Å². The van der Waals surface area contributed by atoms with Crippen LogP contribution in [0, 0.1) is 22.9 Å². The van der Waals surface area contributed by atoms with Crippen LogP contribution in [-0.2, 0) is 16.1 Å². The zero-order valence-electron chi connectivity index (χ0n) is 22.9. The summed E-state index contributed by atoms with van der Waals surface area (Å²) in [7, 11) is 0. The van der Waals surface area contributed by atoms with Gasteiger partial charge in [0, 0.05) is 28.8 Å². The van der Waals surface area contributed by atoms with E-state index in [1.165, 1.54) is 36.4 Å². The van der Waals surface area contributed by atoms with Crippen LogP contribution in [0.2, 0.25) is 0 Å². The number of fused-ring (bicyclic) bond motifs is 1. The number of aliphatic imine (C=N–C) groups is 1. The van der Waals surface area contributed by atoms with Crippen molar-refractivity contribution in [1.29, 1.82) is 0 Å². The van der Waals surface area contributed by atoms with Crippen LogP contribution in [0.15, 0.2) is 102 Å². The van der Waals surface area contributed by atoms with Gasteiger partial charge < -0.3 is 9.64 Å². The minimum atomic E-state index is -1.59. The number of anilines is 1. The van der Waals surface area contributed by atoms with Gasteiger partial charge in [-0.05, 0) is 30.2 Å². The highest BCUT2D eigenvalue weighted by Gasteiger charge is 2.36. The number of carbonyl (C=O) groups is 3. The van der Waals surface area contributed by atoms with Crippen molar-refractivity contribution in [2.45, 2.75) is 19.7 Å². The van der Waals surface area contributed by atoms with Crippen LogP contribution < -0.4 is 10.2 Å². The summed E-state index contributed by atoms with van der Waals surface area (Å²) in [4.78, 5) is 56.7. The fraction of sp³-hybridized carbons (Fsp3) is 0.125. The van der Waals surface area contributed by atoms with Gasteiger partial charge in [-0.1, -0.05) is 72.8 Å². The molecule has 4 aromatic carbocycles. The Bertz CT molecular complexity index is 1760. The first kappa shape index (κ1) is 28.8. The van der Waals surface area contributed by atoms with Crippen molar-refractivity contribution in [2.24, 2.45) is 4.99 Å². The minimum absolute atomic E-state index is 0.0170. The molecule has 43 heavy (non-hydrogen) atoms. The van der Waals surface area contributed by atoms with Gasteiger partial charge in [-0.3, -0.25) is 25.0 Å². The number of hydrogen-bond acceptors (Lipinski definition) is 7. The number of para-hydroxylation sites is 1. The van der Waals surface area contributed by atoms with E-state index in [9.17, 15) is 24.5 Å². The maximum atomic E-state index is 15.1. The number of halogens is 1. The molecule has 1 heterocycles. The second-order valence-electron chi connectivity index (χ2n) is 9.69. The zero-order valence-corrected chi connectivity index (χ0v) is 22.9. The summed E-state index contributed by atoms with van der Waals surface area (Å²) in [5, 5.41) is 13.7. The van der Waals surface area contributed by atoms with Crippen molar-refractivity contribution < 1.29 is 28.4 Å². The van der Waals surface area contributed by atoms with E-state index in [0.717, 1.165) is 11.0 Å². The molecule has 216 valence electrons. The number of nitrogens with one attached hydrogen (secondary N) is 1. The Kier molecular flexibility index (Phi) is 8.33. The monoisotopic (exact) mass is 580 g/mol. The number of nitro benzene ring substituents is 1. The van der Waals surface area contributed by atoms with Crippen LogP contribution in [0.25, 0.3) is 0 Å². The Morgan fingerprint density at radius 1 is 0.977 bits per heavy atom. The number of Topliss-reactive ketones (excluding diaryl/α,β-unsaturated/α-hetero) is 1. The number of carbonyl (C=O) groups excluding carboxylic acids is 3. The predicted molar refractivity (Wildman–Crippen MR) is 157 cm³/mol. The Labute approximate surface area is 245 Å². The van der Waals surface area contributed by atoms with Crippen molar-refractivity contribution >= 4 is 34.9 Å². The molecule has 0 radical (unpaired) electrons. The Hall–Kier alpha value is -5.71. The third kappa shape index (κ3) is 6.30. The number of nitro groups is 1. The lowest BCUT2D eigenvalue weighted by Crippen LogP contribution is -2.49. The Balaban J connectivity index is 1.56. The molecular weight excluding hydrogens is 555 g/mol. The number of ether oxygens (including phenoxy) is 1. The number of alkyl carbamates (subject to hydrolysis) is 1. The molecule has 0 aromatic heterocycles. The number of rotatable bonds is 8. The molecule has 0 aliphatic carbocycles. The van der Waals surface area contributed by atoms with E-state index in [-0.39, 0.29) is 34.8 Å². The number of benzodiazepines with no additional fused rings is 1. The molecule has 1 aliphatic heterocycles. The molecule has 0 fully saturated rings. The average molecular weight is 581 g/mol. The number of hydrogen-bond donors (Lipinski definition) is 1. The average Bonchev–Trinajstić information content (AvgIpc) is 3.12. The lowest BCUT2D eigenvalue weighted by molar-refractivity contribution is -0.384. The van der Waals surface area contributed by atoms with Crippen molar-refractivity contribution in [1.82, 2.24) is 5.32 Å². The van der Waals surface area contributed by atoms with Crippen LogP contribution in [0.5, 0.6) is 0 Å². The highest BCUT2D eigenvalue weighted by Crippen LogP contribution is 2.32. The largest absolute Gasteiger partial charge is 0.445 e. The third-order valence-corrected chi connectivity index (χ3v) is 6.80. The Morgan fingerprint density at radius 3 is 2.42 bits per heavy atom. The molecular formula is C32H25FN4O6. The quantitative estimate of drug-likeness (QED) is 0.170. The van der Waals surface area contributed by atoms with E-state index in [4.69, 9.17) is 4.74 Å². The molecule has 1 N–H and O–H groups in total. The summed E-state index contributed by atoms with van der Waals surface area (Å²) in [6.07, 6.45) is -2.55. The van der Waals surface area contributed by atoms with Gasteiger partial charge in [-0.15, -0.1) is 0 Å². The van der Waals surface area contributed by atoms with Crippen LogP contribution in [0.1, 0.15) is 32.6 Å². The molecule has 0 saturated heterocycles. The molecule has 11 heteroatoms. The standard InChI is InChI=1S/C32H25FN4O6/c1-20-9-7-15-25-28(24-14-5-6-16-26(24)33)34-30(35-32(40)43-19-21-10-3-2-4-11-21)31(39)36(29(20)25)18-27(38)22-12-8-13-23(17-22)37(41)42/h2-17,30H,18-19H2,1H3,(H,35,40)/t30-/m1/s1. The highest BCUT2D eigenvalue weighted by atomic mass is 19.1. The summed E-state index contributed by atoms with van der Waals surface area (Å²) < 4.78 is 20.4. The fourth-order valence-corrected chi connectivity index (χ4v) is 4.74. The molecule has 0 unspecified atom stereocenters. The SMILES string of the molecule is Cc1cccc2c1N(CC(=O)c1cccc([N+](=O)[O-])c1)C(=O)[C@@H](NC(=O)OCc1ccccc1)N=C2c1ccccc1F. The van der Waals surface area contributed by atoms with Gasteiger partial charge in [0.15, 0.2) is 5.78 Å². The summed E-state index contributed by atoms with van der Waals surface area (Å²) in [5.41, 5.74) is 1.84. The number of ketones is 1. The van der Waals surface area contributed by atoms with Gasteiger partial charge >= 0.3 is 6.09 Å². The number of amides is 2. The van der Waals surface area contributed by atoms with Crippen LogP contribution in [0.4, 0.5) is 20.6 Å². The van der Waals surface area contributed by atoms with Crippen molar-refractivity contribution in [3.63, 3.8) is 0 Å². The molecule has 1 aliphatic rings. The first-order valence-electron chi connectivity index (χ1n) is 13.2. The number of non-ortho nitro benzene ring substituents is 1. The first-order chi connectivity index (χ1) is 20.7. The Morgan fingerprint density at radius 2 is 1.67 bits per heavy atom. The summed E-state index contributed by atoms with van der Waals surface area (Å²) in [6, 6.07) is 25.0. The molecule has 0 bridgehead atoms. The smallest absolute Gasteiger partial charge is 0.409 e. The maximum Gasteiger partial charge on any atom is 0.409 e. The number of nitrogens with zero attached hydrogens (tertiary/aromatic N) is 3. The zero-order chi connectivity index (χ0) is 30.5. The molecule has 10 nitrogen and oxygen atoms in total. The predicted octanol–water partition coefficient (Wildman–Crippen LogP) is 5.36. The maximum absolute atomic E-state index is 15.1. The van der Waals surface area contributed by atoms with E-state index in [1.54, 1.807) is 55.5 Å². The summed E-state index contributed by atoms with van der Waals surface area (Å²) in [6.45, 7) is 1.11. The van der Waals surface area contributed by atoms with Crippen LogP contribution in [-0.4, -0.2) is 41.1 Å². The summed E-state index contributed by atoms with van der Waals surface area (Å²) in [5.74, 6) is -1.98. The normalized spacial score (nSPS) is 14.3. The van der Waals surface area contributed by atoms with E-state index in [0.29, 0.717) is 16.7 Å². The third-order valence-electron chi connectivity index (χ3n) is 6.80. The van der Waals surface area contributed by atoms with E-state index in [1.807, 2.05) is 6.07 Å². The molecule has 1 atom stereocenters. The topological polar surface area (TPSA) is 131 Å². The lowest BCUT2D eigenvalue weighted by Gasteiger charge is -2.26. The van der Waals surface area contributed by atoms with Gasteiger partial charge in [-0.25, -0.2) is 14.2 Å². The molecule has 0 saturated carbocycles. The van der Waals surface area contributed by atoms with Gasteiger partial charge in [0.05, 0.1) is 22.9 Å². The second-order valence-corrected chi connectivity index (χ2v) is 9.69. The van der Waals surface area contributed by atoms with Crippen LogP contribution >= 0.6 is 0 Å². The molecule has 4 aromatic rings. The summed E-state index contributed by atoms with van der Waals surface area (Å²) >= 11 is 0. The van der Waals surface area contributed by atoms with Crippen LogP contribution in [0.3, 0.4) is 0 Å². The molecule has 5 rings (SSSR count). The molecule has 2 amide bonds. The number of aryl methyl sites for hydroxylation is 1. The van der Waals surface area contributed by atoms with Crippen molar-refractivity contribution in [2.75, 3.05) is 11.4 Å². The fourth-order valence-electron chi connectivity index (χ4n) is 4.74. The van der Waals surface area contributed by atoms with Gasteiger partial charge in [0.2, 0.25) is 6.17 Å².